The lowest BCUT2D eigenvalue weighted by Crippen LogP contribution is -2.08. The highest BCUT2D eigenvalue weighted by atomic mass is 16.5. The maximum atomic E-state index is 13.6. The summed E-state index contributed by atoms with van der Waals surface area (Å²) in [5, 5.41) is 40.7. The molecule has 0 bridgehead atoms. The van der Waals surface area contributed by atoms with Gasteiger partial charge in [-0.25, -0.2) is 0 Å². The van der Waals surface area contributed by atoms with E-state index in [1.165, 1.54) is 51.7 Å². The minimum Gasteiger partial charge on any atom is -0.508 e. The number of ether oxygens (including phenoxy) is 3. The second-order valence-electron chi connectivity index (χ2n) is 7.09. The Kier molecular flexibility index (Phi) is 5.39. The van der Waals surface area contributed by atoms with Gasteiger partial charge in [0.1, 0.15) is 28.2 Å². The third kappa shape index (κ3) is 3.59. The van der Waals surface area contributed by atoms with Gasteiger partial charge in [-0.2, -0.15) is 0 Å². The molecule has 4 N–H and O–H groups in total. The molecule has 4 aromatic rings. The number of hydrogen-bond acceptors (Lipinski definition) is 9. The Bertz CT molecular complexity index is 1410. The van der Waals surface area contributed by atoms with Gasteiger partial charge in [0.15, 0.2) is 23.0 Å². The highest BCUT2D eigenvalue weighted by molar-refractivity contribution is 5.93. The third-order valence-corrected chi connectivity index (χ3v) is 5.17. The molecule has 0 spiro atoms. The van der Waals surface area contributed by atoms with Crippen LogP contribution in [0.4, 0.5) is 0 Å². The first kappa shape index (κ1) is 21.7. The SMILES string of the molecule is COc1ccc(-c2oc3cc(O)cc(O)c3c(=O)c2-c2cc(OC)c(O)c(OC)c2)cc1O. The minimum atomic E-state index is -0.617. The first-order chi connectivity index (χ1) is 15.8. The zero-order chi connectivity index (χ0) is 23.9. The predicted octanol–water partition coefficient (Wildman–Crippen LogP) is 3.98. The summed E-state index contributed by atoms with van der Waals surface area (Å²) in [6, 6.07) is 9.48. The summed E-state index contributed by atoms with van der Waals surface area (Å²) in [7, 11) is 4.09. The van der Waals surface area contributed by atoms with Crippen LogP contribution in [-0.2, 0) is 0 Å². The Morgan fingerprint density at radius 3 is 1.94 bits per heavy atom. The van der Waals surface area contributed by atoms with E-state index in [9.17, 15) is 25.2 Å². The molecule has 0 unspecified atom stereocenters. The topological polar surface area (TPSA) is 139 Å². The molecule has 0 saturated heterocycles. The summed E-state index contributed by atoms with van der Waals surface area (Å²) >= 11 is 0. The fraction of sp³-hybridized carbons (Fsp3) is 0.125. The summed E-state index contributed by atoms with van der Waals surface area (Å²) in [5.74, 6) is -0.885. The summed E-state index contributed by atoms with van der Waals surface area (Å²) in [5.41, 5.74) is -0.103. The smallest absolute Gasteiger partial charge is 0.204 e. The maximum absolute atomic E-state index is 13.6. The van der Waals surface area contributed by atoms with Gasteiger partial charge in [-0.15, -0.1) is 0 Å². The molecular formula is C24H20O9. The average Bonchev–Trinajstić information content (AvgIpc) is 2.78. The minimum absolute atomic E-state index is 0.00431. The van der Waals surface area contributed by atoms with Gasteiger partial charge in [0.05, 0.1) is 26.9 Å². The lowest BCUT2D eigenvalue weighted by Gasteiger charge is -2.15. The first-order valence-electron chi connectivity index (χ1n) is 9.64. The molecule has 9 heteroatoms. The average molecular weight is 452 g/mol. The number of rotatable bonds is 5. The van der Waals surface area contributed by atoms with Gasteiger partial charge in [0, 0.05) is 17.7 Å². The molecule has 0 aliphatic heterocycles. The number of methoxy groups -OCH3 is 3. The van der Waals surface area contributed by atoms with Crippen molar-refractivity contribution in [3.63, 3.8) is 0 Å². The molecule has 0 saturated carbocycles. The van der Waals surface area contributed by atoms with Crippen molar-refractivity contribution in [1.29, 1.82) is 0 Å². The summed E-state index contributed by atoms with van der Waals surface area (Å²) < 4.78 is 21.5. The van der Waals surface area contributed by atoms with Crippen molar-refractivity contribution in [3.8, 4) is 62.7 Å². The molecule has 9 nitrogen and oxygen atoms in total. The Labute approximate surface area is 187 Å². The largest absolute Gasteiger partial charge is 0.508 e. The second kappa shape index (κ2) is 8.19. The maximum Gasteiger partial charge on any atom is 0.204 e. The molecule has 170 valence electrons. The van der Waals surface area contributed by atoms with Crippen LogP contribution in [0.25, 0.3) is 33.4 Å². The van der Waals surface area contributed by atoms with Crippen LogP contribution in [0.3, 0.4) is 0 Å². The van der Waals surface area contributed by atoms with E-state index in [4.69, 9.17) is 18.6 Å². The van der Waals surface area contributed by atoms with Gasteiger partial charge in [-0.05, 0) is 35.9 Å². The highest BCUT2D eigenvalue weighted by Crippen LogP contribution is 2.44. The zero-order valence-corrected chi connectivity index (χ0v) is 17.9. The van der Waals surface area contributed by atoms with Crippen molar-refractivity contribution in [2.24, 2.45) is 0 Å². The van der Waals surface area contributed by atoms with Crippen molar-refractivity contribution < 1.29 is 39.1 Å². The number of aromatic hydroxyl groups is 4. The zero-order valence-electron chi connectivity index (χ0n) is 17.9. The van der Waals surface area contributed by atoms with Crippen LogP contribution >= 0.6 is 0 Å². The normalized spacial score (nSPS) is 10.9. The monoisotopic (exact) mass is 452 g/mol. The molecular weight excluding hydrogens is 432 g/mol. The van der Waals surface area contributed by atoms with E-state index in [0.29, 0.717) is 5.56 Å². The Hall–Kier alpha value is -4.53. The van der Waals surface area contributed by atoms with Gasteiger partial charge in [0.2, 0.25) is 11.2 Å². The number of fused-ring (bicyclic) bond motifs is 1. The summed E-state index contributed by atoms with van der Waals surface area (Å²) in [6.07, 6.45) is 0. The van der Waals surface area contributed by atoms with E-state index < -0.39 is 11.2 Å². The first-order valence-corrected chi connectivity index (χ1v) is 9.64. The molecule has 3 aromatic carbocycles. The molecule has 0 radical (unpaired) electrons. The van der Waals surface area contributed by atoms with Crippen LogP contribution in [0.1, 0.15) is 0 Å². The molecule has 4 rings (SSSR count). The van der Waals surface area contributed by atoms with Crippen LogP contribution in [0.2, 0.25) is 0 Å². The van der Waals surface area contributed by atoms with Crippen LogP contribution < -0.4 is 19.6 Å². The Morgan fingerprint density at radius 1 is 0.727 bits per heavy atom. The van der Waals surface area contributed by atoms with Gasteiger partial charge in [-0.3, -0.25) is 4.79 Å². The molecule has 0 atom stereocenters. The quantitative estimate of drug-likeness (QED) is 0.354. The molecule has 0 fully saturated rings. The lowest BCUT2D eigenvalue weighted by molar-refractivity contribution is 0.340. The van der Waals surface area contributed by atoms with Gasteiger partial charge >= 0.3 is 0 Å². The summed E-state index contributed by atoms with van der Waals surface area (Å²) in [6.45, 7) is 0. The molecule has 33 heavy (non-hydrogen) atoms. The van der Waals surface area contributed by atoms with Crippen LogP contribution in [0.15, 0.2) is 51.7 Å². The van der Waals surface area contributed by atoms with Gasteiger partial charge in [-0.1, -0.05) is 0 Å². The van der Waals surface area contributed by atoms with Crippen molar-refractivity contribution in [2.45, 2.75) is 0 Å². The van der Waals surface area contributed by atoms with E-state index in [2.05, 4.69) is 0 Å². The van der Waals surface area contributed by atoms with E-state index in [1.54, 1.807) is 6.07 Å². The van der Waals surface area contributed by atoms with Crippen LogP contribution in [0, 0.1) is 0 Å². The standard InChI is InChI=1S/C24H20O9/c1-30-16-5-4-11(6-14(16)26)24-20(12-7-18(31-2)22(28)19(8-12)32-3)23(29)21-15(27)9-13(25)10-17(21)33-24/h4-10,25-28H,1-3H3. The predicted molar refractivity (Wildman–Crippen MR) is 120 cm³/mol. The fourth-order valence-corrected chi connectivity index (χ4v) is 3.62. The Morgan fingerprint density at radius 2 is 1.36 bits per heavy atom. The number of phenolic OH excluding ortho intramolecular Hbond substituents is 4. The molecule has 0 aliphatic rings. The van der Waals surface area contributed by atoms with E-state index in [1.807, 2.05) is 0 Å². The number of phenols is 4. The fourth-order valence-electron chi connectivity index (χ4n) is 3.62. The molecule has 1 aromatic heterocycles. The van der Waals surface area contributed by atoms with Crippen LogP contribution in [-0.4, -0.2) is 41.8 Å². The van der Waals surface area contributed by atoms with E-state index >= 15 is 0 Å². The second-order valence-corrected chi connectivity index (χ2v) is 7.09. The number of hydrogen-bond donors (Lipinski definition) is 4. The molecule has 0 amide bonds. The molecule has 0 aliphatic carbocycles. The van der Waals surface area contributed by atoms with Crippen LogP contribution in [0.5, 0.6) is 40.2 Å². The summed E-state index contributed by atoms with van der Waals surface area (Å²) in [4.78, 5) is 13.6. The van der Waals surface area contributed by atoms with Crippen molar-refractivity contribution >= 4 is 11.0 Å². The number of benzene rings is 3. The lowest BCUT2D eigenvalue weighted by atomic mass is 9.97. The Balaban J connectivity index is 2.15. The van der Waals surface area contributed by atoms with Crippen molar-refractivity contribution in [3.05, 3.63) is 52.7 Å². The van der Waals surface area contributed by atoms with E-state index in [-0.39, 0.29) is 62.4 Å². The van der Waals surface area contributed by atoms with Crippen molar-refractivity contribution in [1.82, 2.24) is 0 Å². The molecule has 1 heterocycles. The van der Waals surface area contributed by atoms with Gasteiger partial charge in [0.25, 0.3) is 0 Å². The van der Waals surface area contributed by atoms with E-state index in [0.717, 1.165) is 6.07 Å². The highest BCUT2D eigenvalue weighted by Gasteiger charge is 2.24. The van der Waals surface area contributed by atoms with Crippen molar-refractivity contribution in [2.75, 3.05) is 21.3 Å². The third-order valence-electron chi connectivity index (χ3n) is 5.17. The van der Waals surface area contributed by atoms with Gasteiger partial charge < -0.3 is 39.1 Å².